The van der Waals surface area contributed by atoms with E-state index in [4.69, 9.17) is 11.1 Å². The third-order valence-corrected chi connectivity index (χ3v) is 8.94. The van der Waals surface area contributed by atoms with Crippen molar-refractivity contribution in [3.8, 4) is 0 Å². The Bertz CT molecular complexity index is 75.5. The second kappa shape index (κ2) is 9.89. The van der Waals surface area contributed by atoms with E-state index < -0.39 is 0 Å². The predicted molar refractivity (Wildman–Crippen MR) is 41.2 cm³/mol. The molecule has 0 aliphatic heterocycles. The molecule has 0 N–H and O–H groups in total. The Morgan fingerprint density at radius 2 is 1.64 bits per heavy atom. The molecule has 0 unspecified atom stereocenters. The van der Waals surface area contributed by atoms with E-state index in [1.165, 1.54) is 32.1 Å². The van der Waals surface area contributed by atoms with Crippen LogP contribution in [0.1, 0.15) is 32.1 Å². The van der Waals surface area contributed by atoms with Crippen LogP contribution >= 0.6 is 11.1 Å². The van der Waals surface area contributed by atoms with Gasteiger partial charge < -0.3 is 24.8 Å². The number of hydrogen-bond acceptors (Lipinski definition) is 0. The van der Waals surface area contributed by atoms with Gasteiger partial charge in [-0.3, -0.25) is 0 Å². The molecule has 0 saturated heterocycles. The van der Waals surface area contributed by atoms with E-state index >= 15 is 0 Å². The summed E-state index contributed by atoms with van der Waals surface area (Å²) in [4.78, 5) is 0. The minimum Gasteiger partial charge on any atom is -1.00 e. The maximum atomic E-state index is 5.83. The molecule has 0 heterocycles. The second-order valence-corrected chi connectivity index (χ2v) is 11.1. The fraction of sp³-hybridized carbons (Fsp3) is 1.00. The van der Waals surface area contributed by atoms with Gasteiger partial charge in [0.1, 0.15) is 0 Å². The van der Waals surface area contributed by atoms with Gasteiger partial charge >= 0.3 is 72.5 Å². The van der Waals surface area contributed by atoms with Gasteiger partial charge in [-0.1, -0.05) is 0 Å². The molecule has 0 aromatic carbocycles. The molecular formula is C6H13Cl3SiTi. The number of hydrogen-bond donors (Lipinski definition) is 0. The summed E-state index contributed by atoms with van der Waals surface area (Å²) in [5.41, 5.74) is 0. The normalized spacial score (nSPS) is 18.6. The summed E-state index contributed by atoms with van der Waals surface area (Å²) in [6.45, 7) is -0.0336. The Morgan fingerprint density at radius 1 is 1.09 bits per heavy atom. The molecule has 0 radical (unpaired) electrons. The minimum atomic E-state index is -0.0336. The van der Waals surface area contributed by atoms with Gasteiger partial charge in [-0.25, -0.2) is 0 Å². The average molecular weight is 267 g/mol. The van der Waals surface area contributed by atoms with Crippen LogP contribution in [0.15, 0.2) is 0 Å². The largest absolute Gasteiger partial charge is 1.00 e. The molecule has 1 aliphatic rings. The maximum absolute atomic E-state index is 5.83. The van der Waals surface area contributed by atoms with Crippen molar-refractivity contribution in [2.45, 2.75) is 36.3 Å². The van der Waals surface area contributed by atoms with Crippen LogP contribution in [0.4, 0.5) is 0 Å². The maximum Gasteiger partial charge on any atom is -1.00 e. The first-order valence-corrected chi connectivity index (χ1v) is 10.8. The standard InChI is InChI=1S/C6H11.ClH2Si.2ClH.Ti/c1-2-4-6-5-3-1;1-2;;;/h1H,2-6H2;2H2;2*1H;/q;;;;+2/p-2. The van der Waals surface area contributed by atoms with E-state index in [1.807, 2.05) is 0 Å². The molecule has 1 saturated carbocycles. The molecular weight excluding hydrogens is 254 g/mol. The Kier molecular flexibility index (Phi) is 13.7. The van der Waals surface area contributed by atoms with Crippen LogP contribution in [0.2, 0.25) is 4.22 Å². The summed E-state index contributed by atoms with van der Waals surface area (Å²) in [6, 6.07) is 0. The molecule has 1 fully saturated rings. The van der Waals surface area contributed by atoms with Crippen molar-refractivity contribution in [1.29, 1.82) is 0 Å². The molecule has 0 nitrogen and oxygen atoms in total. The fourth-order valence-corrected chi connectivity index (χ4v) is 8.31. The van der Waals surface area contributed by atoms with Crippen LogP contribution in [0.3, 0.4) is 0 Å². The fourth-order valence-electron chi connectivity index (χ4n) is 1.42. The van der Waals surface area contributed by atoms with E-state index in [0.717, 1.165) is 4.22 Å². The minimum absolute atomic E-state index is 0. The molecule has 1 aliphatic carbocycles. The van der Waals surface area contributed by atoms with Crippen molar-refractivity contribution in [2.24, 2.45) is 0 Å². The van der Waals surface area contributed by atoms with Crippen LogP contribution in [-0.2, 0) is 18.4 Å². The van der Waals surface area contributed by atoms with Gasteiger partial charge in [0.15, 0.2) is 0 Å². The molecule has 0 aromatic heterocycles. The van der Waals surface area contributed by atoms with Gasteiger partial charge in [-0.2, -0.15) is 0 Å². The van der Waals surface area contributed by atoms with Crippen LogP contribution < -0.4 is 24.8 Å². The Balaban J connectivity index is 0. The van der Waals surface area contributed by atoms with E-state index in [9.17, 15) is 0 Å². The summed E-state index contributed by atoms with van der Waals surface area (Å²) < 4.78 is 1.16. The van der Waals surface area contributed by atoms with E-state index in [-0.39, 0.29) is 31.5 Å². The van der Waals surface area contributed by atoms with E-state index in [2.05, 4.69) is 0 Å². The third-order valence-electron chi connectivity index (χ3n) is 1.97. The Hall–Kier alpha value is 1.80. The smallest absolute Gasteiger partial charge is 1.00 e. The molecule has 0 amide bonds. The van der Waals surface area contributed by atoms with Crippen LogP contribution in [0, 0.1) is 0 Å². The SMILES string of the molecule is Cl[SiH2][Ti+2][CH]1CCCCC1.[Cl-].[Cl-]. The Morgan fingerprint density at radius 3 is 2.09 bits per heavy atom. The zero-order chi connectivity index (χ0) is 6.53. The zero-order valence-corrected chi connectivity index (χ0v) is 11.7. The first-order valence-electron chi connectivity index (χ1n) is 3.73. The third kappa shape index (κ3) is 6.92. The summed E-state index contributed by atoms with van der Waals surface area (Å²) in [6.07, 6.45) is 7.55. The van der Waals surface area contributed by atoms with Crippen molar-refractivity contribution in [3.63, 3.8) is 0 Å². The summed E-state index contributed by atoms with van der Waals surface area (Å²) >= 11 is 6.22. The van der Waals surface area contributed by atoms with Crippen LogP contribution in [0.5, 0.6) is 0 Å². The van der Waals surface area contributed by atoms with Crippen LogP contribution in [-0.4, -0.2) is 6.70 Å². The van der Waals surface area contributed by atoms with Gasteiger partial charge in [-0.05, 0) is 0 Å². The van der Waals surface area contributed by atoms with Gasteiger partial charge in [0, 0.05) is 0 Å². The first-order chi connectivity index (χ1) is 4.43. The molecule has 11 heavy (non-hydrogen) atoms. The molecule has 0 atom stereocenters. The van der Waals surface area contributed by atoms with Gasteiger partial charge in [0.05, 0.1) is 0 Å². The summed E-state index contributed by atoms with van der Waals surface area (Å²) in [5.74, 6) is 0. The van der Waals surface area contributed by atoms with Crippen molar-refractivity contribution in [1.82, 2.24) is 0 Å². The van der Waals surface area contributed by atoms with Crippen LogP contribution in [0.25, 0.3) is 0 Å². The molecule has 0 bridgehead atoms. The summed E-state index contributed by atoms with van der Waals surface area (Å²) in [7, 11) is 0. The van der Waals surface area contributed by atoms with Crippen molar-refractivity contribution < 1.29 is 43.2 Å². The second-order valence-electron chi connectivity index (χ2n) is 2.67. The van der Waals surface area contributed by atoms with E-state index in [1.54, 1.807) is 0 Å². The Labute approximate surface area is 96.7 Å². The van der Waals surface area contributed by atoms with Gasteiger partial charge in [0.2, 0.25) is 0 Å². The first kappa shape index (κ1) is 15.3. The van der Waals surface area contributed by atoms with E-state index in [0.29, 0.717) is 18.4 Å². The summed E-state index contributed by atoms with van der Waals surface area (Å²) in [5, 5.41) is 0. The topological polar surface area (TPSA) is 0 Å². The molecule has 0 spiro atoms. The predicted octanol–water partition coefficient (Wildman–Crippen LogP) is -3.93. The van der Waals surface area contributed by atoms with Crippen molar-refractivity contribution in [2.75, 3.05) is 0 Å². The molecule has 5 heteroatoms. The quantitative estimate of drug-likeness (QED) is 0.354. The van der Waals surface area contributed by atoms with Crippen molar-refractivity contribution >= 4 is 17.8 Å². The zero-order valence-electron chi connectivity index (χ0n) is 6.45. The monoisotopic (exact) mass is 266 g/mol. The van der Waals surface area contributed by atoms with Gasteiger partial charge in [-0.15, -0.1) is 0 Å². The van der Waals surface area contributed by atoms with Gasteiger partial charge in [0.25, 0.3) is 0 Å². The molecule has 1 rings (SSSR count). The number of rotatable bonds is 2. The molecule has 0 aromatic rings. The van der Waals surface area contributed by atoms with Crippen molar-refractivity contribution in [3.05, 3.63) is 0 Å². The number of halogens is 3. The molecule has 66 valence electrons. The average Bonchev–Trinajstić information content (AvgIpc) is 1.91.